The lowest BCUT2D eigenvalue weighted by Gasteiger charge is -2.26. The first-order chi connectivity index (χ1) is 12.0. The summed E-state index contributed by atoms with van der Waals surface area (Å²) in [5, 5.41) is 0.548. The van der Waals surface area contributed by atoms with Crippen LogP contribution in [0.25, 0.3) is 0 Å². The Labute approximate surface area is 145 Å². The van der Waals surface area contributed by atoms with Gasteiger partial charge in [0.2, 0.25) is 0 Å². The van der Waals surface area contributed by atoms with Gasteiger partial charge in [0.15, 0.2) is 0 Å². The number of carbonyl (C=O) groups is 3. The normalized spacial score (nSPS) is 14.6. The molecule has 3 rings (SSSR count). The summed E-state index contributed by atoms with van der Waals surface area (Å²) in [5.74, 6) is -1.93. The zero-order valence-electron chi connectivity index (χ0n) is 14.0. The first-order valence-corrected chi connectivity index (χ1v) is 7.99. The first-order valence-electron chi connectivity index (χ1n) is 7.99. The van der Waals surface area contributed by atoms with E-state index in [-0.39, 0.29) is 11.1 Å². The Balaban J connectivity index is 1.86. The van der Waals surface area contributed by atoms with Crippen molar-refractivity contribution in [3.8, 4) is 0 Å². The second-order valence-corrected chi connectivity index (χ2v) is 5.75. The molecule has 0 N–H and O–H groups in total. The second-order valence-electron chi connectivity index (χ2n) is 5.75. The van der Waals surface area contributed by atoms with Gasteiger partial charge in [-0.3, -0.25) is 14.5 Å². The van der Waals surface area contributed by atoms with Crippen molar-refractivity contribution >= 4 is 17.8 Å². The average molecular weight is 338 g/mol. The van der Waals surface area contributed by atoms with Gasteiger partial charge in [0.25, 0.3) is 11.8 Å². The van der Waals surface area contributed by atoms with Crippen molar-refractivity contribution in [2.75, 3.05) is 13.6 Å². The summed E-state index contributed by atoms with van der Waals surface area (Å²) in [6.45, 7) is 2.50. The van der Waals surface area contributed by atoms with E-state index in [4.69, 9.17) is 4.84 Å². The number of likely N-dealkylation sites (N-methyl/N-ethyl adjacent to an activating group) is 1. The molecule has 0 saturated carbocycles. The van der Waals surface area contributed by atoms with Crippen LogP contribution in [0.15, 0.2) is 54.6 Å². The number of hydrogen-bond acceptors (Lipinski definition) is 5. The summed E-state index contributed by atoms with van der Waals surface area (Å²) in [4.78, 5) is 44.4. The summed E-state index contributed by atoms with van der Waals surface area (Å²) in [6, 6.07) is 14.8. The van der Waals surface area contributed by atoms with Crippen LogP contribution in [0.5, 0.6) is 0 Å². The van der Waals surface area contributed by atoms with Gasteiger partial charge in [-0.2, -0.15) is 0 Å². The molecule has 25 heavy (non-hydrogen) atoms. The highest BCUT2D eigenvalue weighted by molar-refractivity contribution is 6.20. The molecule has 1 heterocycles. The third kappa shape index (κ3) is 3.04. The van der Waals surface area contributed by atoms with Gasteiger partial charge in [-0.1, -0.05) is 54.5 Å². The van der Waals surface area contributed by atoms with Crippen molar-refractivity contribution in [2.24, 2.45) is 0 Å². The lowest BCUT2D eigenvalue weighted by Crippen LogP contribution is -2.39. The van der Waals surface area contributed by atoms with Crippen molar-refractivity contribution in [3.05, 3.63) is 71.3 Å². The number of amides is 2. The van der Waals surface area contributed by atoms with Crippen LogP contribution in [0.3, 0.4) is 0 Å². The predicted octanol–water partition coefficient (Wildman–Crippen LogP) is 2.43. The SMILES string of the molecule is CCN(C)C(C(=O)ON1C(=O)c2ccccc2C1=O)c1ccccc1. The highest BCUT2D eigenvalue weighted by Crippen LogP contribution is 2.26. The Bertz CT molecular complexity index is 784. The number of carbonyl (C=O) groups excluding carboxylic acids is 3. The fraction of sp³-hybridized carbons (Fsp3) is 0.211. The molecule has 0 aromatic heterocycles. The smallest absolute Gasteiger partial charge is 0.328 e. The van der Waals surface area contributed by atoms with E-state index in [1.165, 1.54) is 12.1 Å². The first kappa shape index (κ1) is 16.9. The van der Waals surface area contributed by atoms with Crippen molar-refractivity contribution in [1.82, 2.24) is 9.96 Å². The number of hydroxylamine groups is 2. The molecule has 0 spiro atoms. The van der Waals surface area contributed by atoms with Crippen LogP contribution < -0.4 is 0 Å². The van der Waals surface area contributed by atoms with Crippen LogP contribution in [-0.4, -0.2) is 41.3 Å². The molecule has 2 amide bonds. The zero-order chi connectivity index (χ0) is 18.0. The number of benzene rings is 2. The van der Waals surface area contributed by atoms with Gasteiger partial charge in [-0.25, -0.2) is 4.79 Å². The Morgan fingerprint density at radius 3 is 2.04 bits per heavy atom. The summed E-state index contributed by atoms with van der Waals surface area (Å²) in [6.07, 6.45) is 0. The van der Waals surface area contributed by atoms with Crippen LogP contribution in [0.4, 0.5) is 0 Å². The van der Waals surface area contributed by atoms with Gasteiger partial charge >= 0.3 is 5.97 Å². The quantitative estimate of drug-likeness (QED) is 0.784. The van der Waals surface area contributed by atoms with E-state index in [2.05, 4.69) is 0 Å². The molecule has 0 aliphatic carbocycles. The fourth-order valence-corrected chi connectivity index (χ4v) is 2.78. The largest absolute Gasteiger partial charge is 0.354 e. The Hall–Kier alpha value is -2.99. The maximum absolute atomic E-state index is 12.7. The van der Waals surface area contributed by atoms with Crippen molar-refractivity contribution in [3.63, 3.8) is 0 Å². The van der Waals surface area contributed by atoms with Gasteiger partial charge in [-0.05, 0) is 31.3 Å². The molecule has 1 aliphatic rings. The lowest BCUT2D eigenvalue weighted by atomic mass is 10.1. The van der Waals surface area contributed by atoms with Crippen molar-refractivity contribution < 1.29 is 19.2 Å². The van der Waals surface area contributed by atoms with E-state index in [9.17, 15) is 14.4 Å². The number of hydrogen-bond donors (Lipinski definition) is 0. The van der Waals surface area contributed by atoms with Crippen LogP contribution in [0.2, 0.25) is 0 Å². The van der Waals surface area contributed by atoms with E-state index in [0.717, 1.165) is 5.56 Å². The van der Waals surface area contributed by atoms with Crippen LogP contribution in [-0.2, 0) is 9.63 Å². The standard InChI is InChI=1S/C19H18N2O4/c1-3-20(2)16(13-9-5-4-6-10-13)19(24)25-21-17(22)14-11-7-8-12-15(14)18(21)23/h4-12,16H,3H2,1-2H3. The van der Waals surface area contributed by atoms with Gasteiger partial charge in [-0.15, -0.1) is 0 Å². The third-order valence-corrected chi connectivity index (χ3v) is 4.22. The minimum atomic E-state index is -0.712. The van der Waals surface area contributed by atoms with E-state index in [1.54, 1.807) is 36.2 Å². The Morgan fingerprint density at radius 2 is 1.52 bits per heavy atom. The van der Waals surface area contributed by atoms with E-state index in [1.807, 2.05) is 25.1 Å². The zero-order valence-corrected chi connectivity index (χ0v) is 14.0. The molecular formula is C19H18N2O4. The number of fused-ring (bicyclic) bond motifs is 1. The fourth-order valence-electron chi connectivity index (χ4n) is 2.78. The van der Waals surface area contributed by atoms with Gasteiger partial charge in [0.1, 0.15) is 6.04 Å². The molecule has 1 aliphatic heterocycles. The molecule has 0 saturated heterocycles. The molecule has 1 unspecified atom stereocenters. The third-order valence-electron chi connectivity index (χ3n) is 4.22. The van der Waals surface area contributed by atoms with Crippen molar-refractivity contribution in [2.45, 2.75) is 13.0 Å². The maximum atomic E-state index is 12.7. The molecule has 2 aromatic carbocycles. The molecule has 0 fully saturated rings. The molecule has 0 radical (unpaired) electrons. The van der Waals surface area contributed by atoms with Crippen LogP contribution in [0.1, 0.15) is 39.2 Å². The van der Waals surface area contributed by atoms with Crippen LogP contribution in [0, 0.1) is 0 Å². The molecular weight excluding hydrogens is 320 g/mol. The predicted molar refractivity (Wildman–Crippen MR) is 90.5 cm³/mol. The summed E-state index contributed by atoms with van der Waals surface area (Å²) in [7, 11) is 1.78. The molecule has 128 valence electrons. The summed E-state index contributed by atoms with van der Waals surface area (Å²) < 4.78 is 0. The highest BCUT2D eigenvalue weighted by atomic mass is 16.7. The topological polar surface area (TPSA) is 66.9 Å². The van der Waals surface area contributed by atoms with Gasteiger partial charge in [0.05, 0.1) is 11.1 Å². The number of rotatable bonds is 5. The van der Waals surface area contributed by atoms with E-state index in [0.29, 0.717) is 11.6 Å². The molecule has 1 atom stereocenters. The Morgan fingerprint density at radius 1 is 1.00 bits per heavy atom. The molecule has 0 bridgehead atoms. The van der Waals surface area contributed by atoms with Crippen molar-refractivity contribution in [1.29, 1.82) is 0 Å². The summed E-state index contributed by atoms with van der Waals surface area (Å²) >= 11 is 0. The molecule has 6 nitrogen and oxygen atoms in total. The monoisotopic (exact) mass is 338 g/mol. The summed E-state index contributed by atoms with van der Waals surface area (Å²) in [5.41, 5.74) is 1.20. The molecule has 2 aromatic rings. The highest BCUT2D eigenvalue weighted by Gasteiger charge is 2.40. The second kappa shape index (κ2) is 6.86. The average Bonchev–Trinajstić information content (AvgIpc) is 2.88. The Kier molecular flexibility index (Phi) is 4.63. The van der Waals surface area contributed by atoms with E-state index >= 15 is 0 Å². The number of nitrogens with zero attached hydrogens (tertiary/aromatic N) is 2. The van der Waals surface area contributed by atoms with E-state index < -0.39 is 23.8 Å². The van der Waals surface area contributed by atoms with Gasteiger partial charge in [0, 0.05) is 0 Å². The minimum Gasteiger partial charge on any atom is -0.328 e. The molecule has 6 heteroatoms. The minimum absolute atomic E-state index is 0.236. The van der Waals surface area contributed by atoms with Crippen LogP contribution >= 0.6 is 0 Å². The number of imide groups is 1. The van der Waals surface area contributed by atoms with Gasteiger partial charge < -0.3 is 4.84 Å². The lowest BCUT2D eigenvalue weighted by molar-refractivity contribution is -0.174. The maximum Gasteiger partial charge on any atom is 0.354 e.